The van der Waals surface area contributed by atoms with E-state index in [0.717, 1.165) is 69.6 Å². The van der Waals surface area contributed by atoms with Crippen molar-refractivity contribution in [1.29, 1.82) is 0 Å². The molecule has 0 saturated heterocycles. The van der Waals surface area contributed by atoms with Gasteiger partial charge >= 0.3 is 17.9 Å². The molecule has 0 aliphatic heterocycles. The van der Waals surface area contributed by atoms with Crippen LogP contribution in [0.4, 0.5) is 0 Å². The molecule has 0 aliphatic rings. The maximum Gasteiger partial charge on any atom is 0.306 e. The molecule has 65 heavy (non-hydrogen) atoms. The van der Waals surface area contributed by atoms with E-state index in [9.17, 15) is 14.4 Å². The minimum absolute atomic E-state index is 0.0627. The summed E-state index contributed by atoms with van der Waals surface area (Å²) in [7, 11) is 0. The minimum atomic E-state index is -0.763. The first-order valence-electron chi connectivity index (χ1n) is 29.3. The van der Waals surface area contributed by atoms with Crippen molar-refractivity contribution in [2.24, 2.45) is 11.8 Å². The highest BCUT2D eigenvalue weighted by Gasteiger charge is 2.19. The number of unbranched alkanes of at least 4 members (excludes halogenated alkanes) is 36. The number of carbonyl (C=O) groups excluding carboxylic acids is 3. The van der Waals surface area contributed by atoms with Crippen molar-refractivity contribution in [3.05, 3.63) is 0 Å². The lowest BCUT2D eigenvalue weighted by Gasteiger charge is -2.18. The van der Waals surface area contributed by atoms with Crippen LogP contribution in [0, 0.1) is 11.8 Å². The second kappa shape index (κ2) is 51.8. The zero-order chi connectivity index (χ0) is 47.5. The molecule has 0 aliphatic carbocycles. The van der Waals surface area contributed by atoms with Gasteiger partial charge in [0.05, 0.1) is 0 Å². The Morgan fingerprint density at radius 2 is 0.538 bits per heavy atom. The highest BCUT2D eigenvalue weighted by molar-refractivity contribution is 5.71. The fourth-order valence-corrected chi connectivity index (χ4v) is 8.99. The van der Waals surface area contributed by atoms with E-state index in [4.69, 9.17) is 14.2 Å². The summed E-state index contributed by atoms with van der Waals surface area (Å²) in [6.07, 6.45) is 55.0. The van der Waals surface area contributed by atoms with Crippen molar-refractivity contribution in [3.8, 4) is 0 Å². The molecule has 0 rings (SSSR count). The lowest BCUT2D eigenvalue weighted by Crippen LogP contribution is -2.30. The van der Waals surface area contributed by atoms with E-state index < -0.39 is 6.10 Å². The fraction of sp³-hybridized carbons (Fsp3) is 0.949. The number of ether oxygens (including phenoxy) is 3. The molecule has 0 saturated carbocycles. The Morgan fingerprint density at radius 1 is 0.308 bits per heavy atom. The largest absolute Gasteiger partial charge is 0.462 e. The third-order valence-electron chi connectivity index (χ3n) is 14.2. The van der Waals surface area contributed by atoms with Gasteiger partial charge in [-0.2, -0.15) is 0 Å². The summed E-state index contributed by atoms with van der Waals surface area (Å²) in [4.78, 5) is 38.2. The van der Waals surface area contributed by atoms with E-state index in [1.807, 2.05) is 0 Å². The molecule has 0 N–H and O–H groups in total. The van der Waals surface area contributed by atoms with Gasteiger partial charge in [-0.25, -0.2) is 0 Å². The average molecular weight is 920 g/mol. The SMILES string of the molecule is CCCCCCCCCCCCCCCCCC(=O)O[C@H](COC(=O)CCCCCCCCCCCCCCCCC(C)CC)COC(=O)CCCCCCCCCCCCC(C)CC. The summed E-state index contributed by atoms with van der Waals surface area (Å²) in [5.74, 6) is 0.927. The molecule has 0 amide bonds. The number of esters is 3. The summed E-state index contributed by atoms with van der Waals surface area (Å²) in [5, 5.41) is 0. The van der Waals surface area contributed by atoms with Gasteiger partial charge in [0.1, 0.15) is 13.2 Å². The molecule has 3 atom stereocenters. The Labute approximate surface area is 406 Å². The third kappa shape index (κ3) is 50.1. The van der Waals surface area contributed by atoms with Crippen LogP contribution in [-0.4, -0.2) is 37.2 Å². The van der Waals surface area contributed by atoms with Crippen LogP contribution >= 0.6 is 0 Å². The van der Waals surface area contributed by atoms with Crippen LogP contribution in [0.1, 0.15) is 330 Å². The van der Waals surface area contributed by atoms with Crippen LogP contribution in [-0.2, 0) is 28.6 Å². The third-order valence-corrected chi connectivity index (χ3v) is 14.2. The van der Waals surface area contributed by atoms with Crippen molar-refractivity contribution in [2.45, 2.75) is 336 Å². The van der Waals surface area contributed by atoms with Crippen molar-refractivity contribution in [1.82, 2.24) is 0 Å². The van der Waals surface area contributed by atoms with Gasteiger partial charge in [-0.1, -0.05) is 291 Å². The van der Waals surface area contributed by atoms with E-state index in [0.29, 0.717) is 19.3 Å². The normalized spacial score (nSPS) is 12.9. The zero-order valence-electron chi connectivity index (χ0n) is 44.6. The molecule has 0 aromatic heterocycles. The van der Waals surface area contributed by atoms with Crippen molar-refractivity contribution in [2.75, 3.05) is 13.2 Å². The molecule has 0 aromatic rings. The van der Waals surface area contributed by atoms with Crippen molar-refractivity contribution in [3.63, 3.8) is 0 Å². The Bertz CT molecular complexity index is 997. The van der Waals surface area contributed by atoms with Gasteiger partial charge in [-0.15, -0.1) is 0 Å². The second-order valence-corrected chi connectivity index (χ2v) is 20.8. The molecule has 0 fully saturated rings. The standard InChI is InChI=1S/C59H114O6/c1-6-9-10-11-12-13-14-15-16-21-24-31-36-41-46-51-59(62)65-56(53-64-58(61)50-45-40-35-30-26-25-28-33-38-43-48-55(5)8-3)52-63-57(60)49-44-39-34-29-23-20-18-17-19-22-27-32-37-42-47-54(4)7-2/h54-56H,6-53H2,1-5H3/t54?,55?,56-/m1/s1. The van der Waals surface area contributed by atoms with Gasteiger partial charge in [0.25, 0.3) is 0 Å². The van der Waals surface area contributed by atoms with Gasteiger partial charge in [-0.3, -0.25) is 14.4 Å². The van der Waals surface area contributed by atoms with Crippen LogP contribution < -0.4 is 0 Å². The van der Waals surface area contributed by atoms with Gasteiger partial charge in [0, 0.05) is 19.3 Å². The molecule has 386 valence electrons. The maximum atomic E-state index is 12.8. The molecule has 0 heterocycles. The van der Waals surface area contributed by atoms with Crippen molar-refractivity contribution < 1.29 is 28.6 Å². The highest BCUT2D eigenvalue weighted by atomic mass is 16.6. The molecular weight excluding hydrogens is 805 g/mol. The van der Waals surface area contributed by atoms with Crippen LogP contribution in [0.25, 0.3) is 0 Å². The summed E-state index contributed by atoms with van der Waals surface area (Å²) in [6.45, 7) is 11.5. The van der Waals surface area contributed by atoms with Crippen LogP contribution in [0.3, 0.4) is 0 Å². The number of hydrogen-bond donors (Lipinski definition) is 0. The molecule has 0 radical (unpaired) electrons. The van der Waals surface area contributed by atoms with E-state index >= 15 is 0 Å². The predicted octanol–water partition coefficient (Wildman–Crippen LogP) is 19.3. The number of carbonyl (C=O) groups is 3. The molecule has 6 heteroatoms. The Hall–Kier alpha value is -1.59. The highest BCUT2D eigenvalue weighted by Crippen LogP contribution is 2.19. The van der Waals surface area contributed by atoms with Gasteiger partial charge in [0.2, 0.25) is 0 Å². The molecular formula is C59H114O6. The lowest BCUT2D eigenvalue weighted by molar-refractivity contribution is -0.167. The molecule has 0 spiro atoms. The molecule has 2 unspecified atom stereocenters. The zero-order valence-corrected chi connectivity index (χ0v) is 44.6. The average Bonchev–Trinajstić information content (AvgIpc) is 3.30. The molecule has 0 bridgehead atoms. The van der Waals surface area contributed by atoms with Crippen LogP contribution in [0.5, 0.6) is 0 Å². The summed E-state index contributed by atoms with van der Waals surface area (Å²) >= 11 is 0. The molecule has 6 nitrogen and oxygen atoms in total. The first-order valence-corrected chi connectivity index (χ1v) is 29.3. The van der Waals surface area contributed by atoms with Gasteiger partial charge in [0.15, 0.2) is 6.10 Å². The smallest absolute Gasteiger partial charge is 0.306 e. The predicted molar refractivity (Wildman–Crippen MR) is 280 cm³/mol. The van der Waals surface area contributed by atoms with E-state index in [1.54, 1.807) is 0 Å². The number of rotatable bonds is 53. The topological polar surface area (TPSA) is 78.9 Å². The first kappa shape index (κ1) is 63.4. The quantitative estimate of drug-likeness (QED) is 0.0344. The monoisotopic (exact) mass is 919 g/mol. The molecule has 0 aromatic carbocycles. The van der Waals surface area contributed by atoms with E-state index in [-0.39, 0.29) is 31.1 Å². The Kier molecular flexibility index (Phi) is 50.5. The Balaban J connectivity index is 4.30. The van der Waals surface area contributed by atoms with Gasteiger partial charge in [-0.05, 0) is 31.1 Å². The van der Waals surface area contributed by atoms with Gasteiger partial charge < -0.3 is 14.2 Å². The Morgan fingerprint density at radius 3 is 0.800 bits per heavy atom. The first-order chi connectivity index (χ1) is 31.8. The number of hydrogen-bond acceptors (Lipinski definition) is 6. The van der Waals surface area contributed by atoms with E-state index in [1.165, 1.54) is 218 Å². The van der Waals surface area contributed by atoms with Crippen LogP contribution in [0.2, 0.25) is 0 Å². The minimum Gasteiger partial charge on any atom is -0.462 e. The van der Waals surface area contributed by atoms with E-state index in [2.05, 4.69) is 34.6 Å². The van der Waals surface area contributed by atoms with Crippen molar-refractivity contribution >= 4 is 17.9 Å². The summed E-state index contributed by atoms with van der Waals surface area (Å²) in [5.41, 5.74) is 0. The summed E-state index contributed by atoms with van der Waals surface area (Å²) in [6, 6.07) is 0. The second-order valence-electron chi connectivity index (χ2n) is 20.8. The summed E-state index contributed by atoms with van der Waals surface area (Å²) < 4.78 is 16.9. The maximum absolute atomic E-state index is 12.8. The van der Waals surface area contributed by atoms with Crippen LogP contribution in [0.15, 0.2) is 0 Å². The fourth-order valence-electron chi connectivity index (χ4n) is 8.99. The lowest BCUT2D eigenvalue weighted by atomic mass is 9.99.